The Labute approximate surface area is 389 Å². The fourth-order valence-electron chi connectivity index (χ4n) is 8.92. The van der Waals surface area contributed by atoms with Crippen molar-refractivity contribution >= 4 is 11.9 Å². The van der Waals surface area contributed by atoms with Crippen LogP contribution in [0.3, 0.4) is 0 Å². The number of amides is 1. The van der Waals surface area contributed by atoms with Gasteiger partial charge in [0, 0.05) is 25.4 Å². The van der Waals surface area contributed by atoms with Crippen LogP contribution in [0.4, 0.5) is 0 Å². The van der Waals surface area contributed by atoms with Crippen molar-refractivity contribution in [3.05, 3.63) is 24.3 Å². The van der Waals surface area contributed by atoms with E-state index in [0.29, 0.717) is 37.3 Å². The highest BCUT2D eigenvalue weighted by molar-refractivity contribution is 5.76. The van der Waals surface area contributed by atoms with E-state index in [1.54, 1.807) is 0 Å². The zero-order chi connectivity index (χ0) is 45.4. The molecule has 0 rings (SSSR count). The first-order chi connectivity index (χ1) is 30.4. The summed E-state index contributed by atoms with van der Waals surface area (Å²) in [5.41, 5.74) is 0. The Morgan fingerprint density at radius 1 is 0.435 bits per heavy atom. The highest BCUT2D eigenvalue weighted by Crippen LogP contribution is 2.26. The van der Waals surface area contributed by atoms with Crippen LogP contribution < -0.4 is 0 Å². The van der Waals surface area contributed by atoms with Gasteiger partial charge in [0.1, 0.15) is 0 Å². The first kappa shape index (κ1) is 60.4. The monoisotopic (exact) mass is 871 g/mol. The Morgan fingerprint density at radius 2 is 0.839 bits per heavy atom. The van der Waals surface area contributed by atoms with Gasteiger partial charge in [0.2, 0.25) is 5.91 Å². The molecule has 0 bridgehead atoms. The lowest BCUT2D eigenvalue weighted by Crippen LogP contribution is -2.43. The summed E-state index contributed by atoms with van der Waals surface area (Å²) in [6.45, 7) is 11.7. The second kappa shape index (κ2) is 48.8. The van der Waals surface area contributed by atoms with E-state index < -0.39 is 0 Å². The molecule has 0 fully saturated rings. The number of ether oxygens (including phenoxy) is 1. The average Bonchev–Trinajstić information content (AvgIpc) is 3.26. The number of esters is 1. The van der Waals surface area contributed by atoms with Crippen molar-refractivity contribution in [2.45, 2.75) is 291 Å². The number of unbranched alkanes of at least 4 members (excludes halogenated alkanes) is 26. The predicted octanol–water partition coefficient (Wildman–Crippen LogP) is 17.7. The van der Waals surface area contributed by atoms with Crippen LogP contribution in [-0.2, 0) is 14.3 Å². The Morgan fingerprint density at radius 3 is 1.32 bits per heavy atom. The van der Waals surface area contributed by atoms with Gasteiger partial charge >= 0.3 is 5.97 Å². The van der Waals surface area contributed by atoms with Crippen LogP contribution in [0.2, 0.25) is 0 Å². The number of allylic oxidation sites excluding steroid dienone is 4. The zero-order valence-corrected chi connectivity index (χ0v) is 43.0. The Balaban J connectivity index is 5.66. The molecule has 0 spiro atoms. The molecule has 0 radical (unpaired) electrons. The van der Waals surface area contributed by atoms with E-state index >= 15 is 0 Å². The zero-order valence-electron chi connectivity index (χ0n) is 43.0. The number of carbonyl (C=O) groups excluding carboxylic acids is 2. The fourth-order valence-corrected chi connectivity index (χ4v) is 8.92. The summed E-state index contributed by atoms with van der Waals surface area (Å²) in [5, 5.41) is 0. The predicted molar refractivity (Wildman–Crippen MR) is 274 cm³/mol. The third-order valence-corrected chi connectivity index (χ3v) is 13.0. The summed E-state index contributed by atoms with van der Waals surface area (Å²) in [7, 11) is 4.28. The number of carbonyl (C=O) groups is 2. The molecule has 62 heavy (non-hydrogen) atoms. The van der Waals surface area contributed by atoms with Crippen molar-refractivity contribution in [2.24, 2.45) is 5.92 Å². The lowest BCUT2D eigenvalue weighted by Gasteiger charge is -2.36. The summed E-state index contributed by atoms with van der Waals surface area (Å²) in [4.78, 5) is 31.6. The molecule has 5 nitrogen and oxygen atoms in total. The van der Waals surface area contributed by atoms with E-state index in [-0.39, 0.29) is 5.97 Å². The molecule has 1 amide bonds. The van der Waals surface area contributed by atoms with Crippen LogP contribution in [-0.4, -0.2) is 61.5 Å². The minimum atomic E-state index is -0.0171. The van der Waals surface area contributed by atoms with E-state index in [1.165, 1.54) is 173 Å². The molecule has 0 aromatic heterocycles. The first-order valence-corrected chi connectivity index (χ1v) is 27.8. The summed E-state index contributed by atoms with van der Waals surface area (Å²) in [6, 6.07) is 0.326. The minimum Gasteiger partial charge on any atom is -0.466 e. The first-order valence-electron chi connectivity index (χ1n) is 27.8. The molecule has 0 aliphatic carbocycles. The molecule has 0 aromatic rings. The van der Waals surface area contributed by atoms with E-state index in [4.69, 9.17) is 4.74 Å². The van der Waals surface area contributed by atoms with Gasteiger partial charge in [0.25, 0.3) is 0 Å². The van der Waals surface area contributed by atoms with Gasteiger partial charge in [-0.2, -0.15) is 0 Å². The highest BCUT2D eigenvalue weighted by Gasteiger charge is 2.26. The maximum atomic E-state index is 14.4. The maximum Gasteiger partial charge on any atom is 0.305 e. The van der Waals surface area contributed by atoms with E-state index in [2.05, 4.69) is 75.9 Å². The fraction of sp³-hybridized carbons (Fsp3) is 0.895. The molecule has 0 aromatic carbocycles. The number of hydrogen-bond donors (Lipinski definition) is 0. The van der Waals surface area contributed by atoms with Crippen LogP contribution in [0.5, 0.6) is 0 Å². The smallest absolute Gasteiger partial charge is 0.305 e. The van der Waals surface area contributed by atoms with Gasteiger partial charge < -0.3 is 14.5 Å². The second-order valence-electron chi connectivity index (χ2n) is 19.5. The summed E-state index contributed by atoms with van der Waals surface area (Å²) in [5.74, 6) is 0.946. The lowest BCUT2D eigenvalue weighted by molar-refractivity contribution is -0.144. The van der Waals surface area contributed by atoms with Crippen molar-refractivity contribution in [3.8, 4) is 0 Å². The third-order valence-electron chi connectivity index (χ3n) is 13.0. The van der Waals surface area contributed by atoms with Gasteiger partial charge in [-0.3, -0.25) is 9.59 Å². The van der Waals surface area contributed by atoms with Crippen LogP contribution >= 0.6 is 0 Å². The molecule has 5 heteroatoms. The van der Waals surface area contributed by atoms with Gasteiger partial charge in [-0.1, -0.05) is 193 Å². The molecule has 366 valence electrons. The normalized spacial score (nSPS) is 12.5. The van der Waals surface area contributed by atoms with Gasteiger partial charge in [-0.05, 0) is 129 Å². The van der Waals surface area contributed by atoms with Crippen LogP contribution in [0.25, 0.3) is 0 Å². The molecule has 0 saturated heterocycles. The second-order valence-corrected chi connectivity index (χ2v) is 19.5. The molecule has 0 aliphatic rings. The van der Waals surface area contributed by atoms with E-state index in [0.717, 1.165) is 83.7 Å². The molecule has 0 heterocycles. The number of hydrogen-bond acceptors (Lipinski definition) is 4. The number of rotatable bonds is 49. The molecular weight excluding hydrogens is 761 g/mol. The van der Waals surface area contributed by atoms with Crippen LogP contribution in [0.1, 0.15) is 285 Å². The molecular formula is C57H110N2O3. The molecule has 1 atom stereocenters. The van der Waals surface area contributed by atoms with Gasteiger partial charge in [-0.25, -0.2) is 0 Å². The molecule has 0 N–H and O–H groups in total. The summed E-state index contributed by atoms with van der Waals surface area (Å²) >= 11 is 0. The average molecular weight is 872 g/mol. The van der Waals surface area contributed by atoms with Gasteiger partial charge in [-0.15, -0.1) is 0 Å². The van der Waals surface area contributed by atoms with Crippen LogP contribution in [0.15, 0.2) is 24.3 Å². The topological polar surface area (TPSA) is 49.9 Å². The Hall–Kier alpha value is -1.62. The molecule has 0 aliphatic heterocycles. The van der Waals surface area contributed by atoms with Crippen molar-refractivity contribution < 1.29 is 14.3 Å². The summed E-state index contributed by atoms with van der Waals surface area (Å²) in [6.07, 6.45) is 57.5. The van der Waals surface area contributed by atoms with Crippen molar-refractivity contribution in [1.29, 1.82) is 0 Å². The highest BCUT2D eigenvalue weighted by atomic mass is 16.5. The summed E-state index contributed by atoms with van der Waals surface area (Å²) < 4.78 is 5.60. The molecule has 1 unspecified atom stereocenters. The Bertz CT molecular complexity index is 966. The minimum absolute atomic E-state index is 0.0171. The Kier molecular flexibility index (Phi) is 47.6. The SMILES string of the molecule is CCCCC/C=C\CCCC(CCC/C=C\CCCCC)CN(C(=O)CCCCN(C)C)C(CCCCCCCCCC)CCCCCCC(=O)OCCCCCCCCCC. The number of nitrogens with zero attached hydrogens (tertiary/aromatic N) is 2. The van der Waals surface area contributed by atoms with Gasteiger partial charge in [0.05, 0.1) is 6.61 Å². The third kappa shape index (κ3) is 42.3. The standard InChI is InChI=1S/C57H110N2O3/c1-7-11-15-19-23-27-31-37-45-54(46-38-32-28-24-20-16-12-8-2)53-59(56(60)49-42-43-51-58(5)6)55(47-39-33-29-25-21-17-13-9-3)48-40-34-35-41-50-57(61)62-52-44-36-30-26-22-18-14-10-4/h23-24,27-28,54-55H,7-22,25-26,29-53H2,1-6H3/b27-23-,28-24-. The van der Waals surface area contributed by atoms with Crippen LogP contribution in [0, 0.1) is 5.92 Å². The van der Waals surface area contributed by atoms with Crippen molar-refractivity contribution in [2.75, 3.05) is 33.8 Å². The van der Waals surface area contributed by atoms with E-state index in [1.807, 2.05) is 0 Å². The van der Waals surface area contributed by atoms with Crippen molar-refractivity contribution in [1.82, 2.24) is 9.80 Å². The van der Waals surface area contributed by atoms with Gasteiger partial charge in [0.15, 0.2) is 0 Å². The van der Waals surface area contributed by atoms with E-state index in [9.17, 15) is 9.59 Å². The maximum absolute atomic E-state index is 14.4. The quantitative estimate of drug-likeness (QED) is 0.0347. The lowest BCUT2D eigenvalue weighted by atomic mass is 9.92. The molecule has 0 saturated carbocycles. The largest absolute Gasteiger partial charge is 0.466 e. The van der Waals surface area contributed by atoms with Crippen molar-refractivity contribution in [3.63, 3.8) is 0 Å².